The van der Waals surface area contributed by atoms with Crippen LogP contribution in [0.2, 0.25) is 0 Å². The first-order chi connectivity index (χ1) is 24.8. The van der Waals surface area contributed by atoms with E-state index >= 15 is 0 Å². The minimum absolute atomic E-state index is 0.690. The van der Waals surface area contributed by atoms with Crippen molar-refractivity contribution in [1.82, 2.24) is 14.5 Å². The maximum atomic E-state index is 6.54. The van der Waals surface area contributed by atoms with E-state index in [0.29, 0.717) is 5.58 Å². The summed E-state index contributed by atoms with van der Waals surface area (Å²) < 4.78 is 8.87. The van der Waals surface area contributed by atoms with Gasteiger partial charge in [-0.3, -0.25) is 0 Å². The Balaban J connectivity index is 1.06. The van der Waals surface area contributed by atoms with E-state index in [4.69, 9.17) is 14.4 Å². The van der Waals surface area contributed by atoms with Crippen molar-refractivity contribution in [2.24, 2.45) is 0 Å². The molecule has 0 spiro atoms. The second-order valence-corrected chi connectivity index (χ2v) is 13.0. The molecular weight excluding hydrogens is 611 g/mol. The normalized spacial score (nSPS) is 12.0. The Morgan fingerprint density at radius 2 is 0.960 bits per heavy atom. The maximum Gasteiger partial charge on any atom is 0.180 e. The molecule has 232 valence electrons. The number of aromatic nitrogens is 3. The summed E-state index contributed by atoms with van der Waals surface area (Å²) in [5.41, 5.74) is 9.73. The van der Waals surface area contributed by atoms with E-state index in [9.17, 15) is 0 Å². The molecule has 0 saturated heterocycles. The van der Waals surface area contributed by atoms with Crippen LogP contribution in [0.5, 0.6) is 0 Å². The second kappa shape index (κ2) is 10.4. The number of hydrogen-bond donors (Lipinski definition) is 0. The van der Waals surface area contributed by atoms with Gasteiger partial charge in [0.15, 0.2) is 5.58 Å². The van der Waals surface area contributed by atoms with Crippen molar-refractivity contribution in [2.45, 2.75) is 0 Å². The third kappa shape index (κ3) is 3.87. The Morgan fingerprint density at radius 3 is 1.64 bits per heavy atom. The number of benzene rings is 8. The number of nitrogens with zero attached hydrogens (tertiary/aromatic N) is 3. The third-order valence-corrected chi connectivity index (χ3v) is 10.3. The monoisotopic (exact) mass is 637 g/mol. The fourth-order valence-corrected chi connectivity index (χ4v) is 8.04. The van der Waals surface area contributed by atoms with E-state index in [0.717, 1.165) is 44.6 Å². The highest BCUT2D eigenvalue weighted by Crippen LogP contribution is 2.40. The van der Waals surface area contributed by atoms with E-state index in [1.807, 2.05) is 0 Å². The number of hydrogen-bond acceptors (Lipinski definition) is 3. The van der Waals surface area contributed by atoms with Crippen molar-refractivity contribution >= 4 is 76.2 Å². The Morgan fingerprint density at radius 1 is 0.400 bits per heavy atom. The van der Waals surface area contributed by atoms with E-state index in [1.54, 1.807) is 6.33 Å². The first-order valence-electron chi connectivity index (χ1n) is 16.9. The third-order valence-electron chi connectivity index (χ3n) is 10.3. The molecule has 11 rings (SSSR count). The minimum Gasteiger partial charge on any atom is -0.452 e. The highest BCUT2D eigenvalue weighted by Gasteiger charge is 2.18. The Labute approximate surface area is 286 Å². The fourth-order valence-electron chi connectivity index (χ4n) is 8.04. The summed E-state index contributed by atoms with van der Waals surface area (Å²) in [5, 5.41) is 11.1. The van der Waals surface area contributed by atoms with Gasteiger partial charge in [0, 0.05) is 27.4 Å². The van der Waals surface area contributed by atoms with E-state index < -0.39 is 0 Å². The van der Waals surface area contributed by atoms with Crippen molar-refractivity contribution in [1.29, 1.82) is 0 Å². The van der Waals surface area contributed by atoms with Gasteiger partial charge in [-0.05, 0) is 85.9 Å². The summed E-state index contributed by atoms with van der Waals surface area (Å²) in [6.45, 7) is 0. The lowest BCUT2D eigenvalue weighted by Gasteiger charge is -2.12. The van der Waals surface area contributed by atoms with Crippen molar-refractivity contribution in [3.05, 3.63) is 164 Å². The Kier molecular flexibility index (Phi) is 5.63. The molecule has 0 aliphatic carbocycles. The predicted molar refractivity (Wildman–Crippen MR) is 207 cm³/mol. The van der Waals surface area contributed by atoms with Gasteiger partial charge in [0.25, 0.3) is 0 Å². The molecule has 0 radical (unpaired) electrons. The number of rotatable bonds is 3. The average Bonchev–Trinajstić information content (AvgIpc) is 3.73. The highest BCUT2D eigenvalue weighted by atomic mass is 16.3. The zero-order chi connectivity index (χ0) is 32.8. The standard InChI is InChI=1S/C46H27N3O/c1-2-14-34-32(12-1)33-13-3-4-15-35(33)39-25-28(20-22-36(34)39)29-21-23-43-40(26-29)45-46(50-43)44(47-27-48-45)30-10-9-11-31(24-30)49-41-18-7-5-16-37(41)38-17-6-8-19-42(38)49/h1-27H. The van der Waals surface area contributed by atoms with Crippen molar-refractivity contribution < 1.29 is 4.42 Å². The molecule has 0 amide bonds. The lowest BCUT2D eigenvalue weighted by molar-refractivity contribution is 0.667. The molecule has 11 aromatic rings. The smallest absolute Gasteiger partial charge is 0.180 e. The lowest BCUT2D eigenvalue weighted by Crippen LogP contribution is -1.95. The highest BCUT2D eigenvalue weighted by molar-refractivity contribution is 6.25. The SMILES string of the molecule is c1cc(-c2ncnc3c2oc2ccc(-c4ccc5c6ccccc6c6ccccc6c5c4)cc23)cc(-n2c3ccccc3c3ccccc32)c1. The van der Waals surface area contributed by atoms with E-state index in [2.05, 4.69) is 162 Å². The van der Waals surface area contributed by atoms with Crippen LogP contribution in [0.3, 0.4) is 0 Å². The van der Waals surface area contributed by atoms with Crippen LogP contribution in [0, 0.1) is 0 Å². The second-order valence-electron chi connectivity index (χ2n) is 13.0. The van der Waals surface area contributed by atoms with Crippen LogP contribution < -0.4 is 0 Å². The molecule has 50 heavy (non-hydrogen) atoms. The number of fused-ring (bicyclic) bond motifs is 12. The lowest BCUT2D eigenvalue weighted by atomic mass is 9.92. The quantitative estimate of drug-likeness (QED) is 0.181. The molecule has 8 aromatic carbocycles. The van der Waals surface area contributed by atoms with Crippen LogP contribution >= 0.6 is 0 Å². The van der Waals surface area contributed by atoms with E-state index in [1.165, 1.54) is 54.1 Å². The maximum absolute atomic E-state index is 6.54. The van der Waals surface area contributed by atoms with Gasteiger partial charge in [0.05, 0.1) is 11.0 Å². The Hall–Kier alpha value is -6.78. The summed E-state index contributed by atoms with van der Waals surface area (Å²) in [6, 6.07) is 56.3. The molecule has 0 unspecified atom stereocenters. The summed E-state index contributed by atoms with van der Waals surface area (Å²) in [5.74, 6) is 0. The zero-order valence-corrected chi connectivity index (χ0v) is 26.8. The summed E-state index contributed by atoms with van der Waals surface area (Å²) in [4.78, 5) is 9.53. The molecule has 0 aliphatic heterocycles. The molecule has 0 N–H and O–H groups in total. The largest absolute Gasteiger partial charge is 0.452 e. The van der Waals surface area contributed by atoms with Gasteiger partial charge < -0.3 is 8.98 Å². The van der Waals surface area contributed by atoms with E-state index in [-0.39, 0.29) is 0 Å². The minimum atomic E-state index is 0.690. The van der Waals surface area contributed by atoms with Gasteiger partial charge in [-0.2, -0.15) is 0 Å². The van der Waals surface area contributed by atoms with Gasteiger partial charge in [0.2, 0.25) is 0 Å². The summed E-state index contributed by atoms with van der Waals surface area (Å²) >= 11 is 0. The van der Waals surface area contributed by atoms with Gasteiger partial charge in [0.1, 0.15) is 23.1 Å². The average molecular weight is 638 g/mol. The Bertz CT molecular complexity index is 3080. The number of para-hydroxylation sites is 2. The molecule has 0 saturated carbocycles. The molecule has 3 heterocycles. The predicted octanol–water partition coefficient (Wildman–Crippen LogP) is 12.3. The molecule has 0 aliphatic rings. The van der Waals surface area contributed by atoms with Crippen LogP contribution in [-0.2, 0) is 0 Å². The van der Waals surface area contributed by atoms with Crippen LogP contribution in [-0.4, -0.2) is 14.5 Å². The summed E-state index contributed by atoms with van der Waals surface area (Å²) in [6.07, 6.45) is 1.65. The molecule has 4 nitrogen and oxygen atoms in total. The molecule has 0 atom stereocenters. The first kappa shape index (κ1) is 27.2. The van der Waals surface area contributed by atoms with Crippen LogP contribution in [0.1, 0.15) is 0 Å². The number of furan rings is 1. The molecule has 4 heteroatoms. The van der Waals surface area contributed by atoms with Crippen LogP contribution in [0.15, 0.2) is 168 Å². The van der Waals surface area contributed by atoms with Gasteiger partial charge in [-0.15, -0.1) is 0 Å². The van der Waals surface area contributed by atoms with Crippen LogP contribution in [0.25, 0.3) is 104 Å². The van der Waals surface area contributed by atoms with Gasteiger partial charge >= 0.3 is 0 Å². The summed E-state index contributed by atoms with van der Waals surface area (Å²) in [7, 11) is 0. The van der Waals surface area contributed by atoms with Gasteiger partial charge in [-0.25, -0.2) is 9.97 Å². The molecule has 3 aromatic heterocycles. The van der Waals surface area contributed by atoms with Crippen molar-refractivity contribution in [3.63, 3.8) is 0 Å². The van der Waals surface area contributed by atoms with Crippen molar-refractivity contribution in [3.8, 4) is 28.1 Å². The molecular formula is C46H27N3O. The fraction of sp³-hybridized carbons (Fsp3) is 0. The topological polar surface area (TPSA) is 43.9 Å². The van der Waals surface area contributed by atoms with Crippen molar-refractivity contribution in [2.75, 3.05) is 0 Å². The molecule has 0 fully saturated rings. The first-order valence-corrected chi connectivity index (χ1v) is 16.9. The van der Waals surface area contributed by atoms with Gasteiger partial charge in [-0.1, -0.05) is 115 Å². The zero-order valence-electron chi connectivity index (χ0n) is 26.8. The van der Waals surface area contributed by atoms with Crippen LogP contribution in [0.4, 0.5) is 0 Å². The molecule has 0 bridgehead atoms.